The third-order valence-electron chi connectivity index (χ3n) is 1.83. The minimum absolute atomic E-state index is 0.131. The number of hydrogen-bond acceptors (Lipinski definition) is 3. The summed E-state index contributed by atoms with van der Waals surface area (Å²) in [5, 5.41) is 8.64. The van der Waals surface area contributed by atoms with Crippen molar-refractivity contribution >= 4 is 5.78 Å². The normalized spacial score (nSPS) is 12.5. The fourth-order valence-electron chi connectivity index (χ4n) is 1.03. The lowest BCUT2D eigenvalue weighted by Crippen LogP contribution is -2.35. The summed E-state index contributed by atoms with van der Waals surface area (Å²) in [4.78, 5) is 11.3. The maximum absolute atomic E-state index is 11.3. The van der Waals surface area contributed by atoms with Crippen LogP contribution in [0.1, 0.15) is 5.56 Å². The highest BCUT2D eigenvalue weighted by atomic mass is 16.3. The van der Waals surface area contributed by atoms with Gasteiger partial charge < -0.3 is 10.8 Å². The second kappa shape index (κ2) is 4.74. The molecule has 0 saturated heterocycles. The summed E-state index contributed by atoms with van der Waals surface area (Å²) >= 11 is 0. The Morgan fingerprint density at radius 2 is 2.00 bits per heavy atom. The maximum Gasteiger partial charge on any atom is 0.156 e. The molecule has 3 N–H and O–H groups in total. The first-order chi connectivity index (χ1) is 6.24. The van der Waals surface area contributed by atoms with E-state index >= 15 is 0 Å². The van der Waals surface area contributed by atoms with Crippen molar-refractivity contribution < 1.29 is 9.90 Å². The van der Waals surface area contributed by atoms with E-state index < -0.39 is 6.04 Å². The second-order valence-corrected chi connectivity index (χ2v) is 2.92. The van der Waals surface area contributed by atoms with E-state index in [0.717, 1.165) is 5.56 Å². The van der Waals surface area contributed by atoms with Gasteiger partial charge in [0.05, 0.1) is 12.6 Å². The van der Waals surface area contributed by atoms with Crippen molar-refractivity contribution in [3.63, 3.8) is 0 Å². The zero-order chi connectivity index (χ0) is 9.68. The Kier molecular flexibility index (Phi) is 3.61. The summed E-state index contributed by atoms with van der Waals surface area (Å²) in [6, 6.07) is 8.60. The molecule has 0 aliphatic carbocycles. The Labute approximate surface area is 77.2 Å². The molecule has 13 heavy (non-hydrogen) atoms. The molecule has 1 aromatic carbocycles. The molecule has 0 bridgehead atoms. The molecule has 0 aromatic heterocycles. The molecule has 70 valence electrons. The van der Waals surface area contributed by atoms with Crippen LogP contribution in [0.15, 0.2) is 30.3 Å². The van der Waals surface area contributed by atoms with E-state index in [4.69, 9.17) is 10.8 Å². The predicted molar refractivity (Wildman–Crippen MR) is 50.2 cm³/mol. The Morgan fingerprint density at radius 1 is 1.38 bits per heavy atom. The van der Waals surface area contributed by atoms with E-state index in [1.54, 1.807) is 0 Å². The van der Waals surface area contributed by atoms with Gasteiger partial charge in [-0.15, -0.1) is 0 Å². The highest BCUT2D eigenvalue weighted by molar-refractivity contribution is 5.85. The highest BCUT2D eigenvalue weighted by Gasteiger charge is 2.11. The van der Waals surface area contributed by atoms with Crippen LogP contribution in [0.4, 0.5) is 0 Å². The first kappa shape index (κ1) is 9.89. The van der Waals surface area contributed by atoms with Crippen LogP contribution >= 0.6 is 0 Å². The summed E-state index contributed by atoms with van der Waals surface area (Å²) in [6.45, 7) is -0.286. The van der Waals surface area contributed by atoms with Crippen LogP contribution in [0.2, 0.25) is 0 Å². The van der Waals surface area contributed by atoms with Crippen LogP contribution < -0.4 is 5.73 Å². The lowest BCUT2D eigenvalue weighted by atomic mass is 10.1. The van der Waals surface area contributed by atoms with Gasteiger partial charge in [0.2, 0.25) is 0 Å². The van der Waals surface area contributed by atoms with E-state index in [1.807, 2.05) is 30.3 Å². The molecule has 0 radical (unpaired) electrons. The summed E-state index contributed by atoms with van der Waals surface area (Å²) < 4.78 is 0. The van der Waals surface area contributed by atoms with Crippen LogP contribution in [0.3, 0.4) is 0 Å². The number of nitrogens with two attached hydrogens (primary N) is 1. The van der Waals surface area contributed by atoms with Gasteiger partial charge in [-0.05, 0) is 5.56 Å². The zero-order valence-electron chi connectivity index (χ0n) is 7.31. The third kappa shape index (κ3) is 2.97. The molecule has 1 rings (SSSR count). The topological polar surface area (TPSA) is 63.3 Å². The van der Waals surface area contributed by atoms with Crippen LogP contribution in [0, 0.1) is 0 Å². The molecule has 0 aliphatic rings. The summed E-state index contributed by atoms with van der Waals surface area (Å²) in [5.41, 5.74) is 6.29. The molecule has 0 fully saturated rings. The van der Waals surface area contributed by atoms with Crippen LogP contribution in [0.5, 0.6) is 0 Å². The number of ketones is 1. The van der Waals surface area contributed by atoms with Gasteiger partial charge in [0.15, 0.2) is 5.78 Å². The molecular weight excluding hydrogens is 166 g/mol. The molecule has 0 spiro atoms. The molecule has 3 nitrogen and oxygen atoms in total. The van der Waals surface area contributed by atoms with E-state index in [9.17, 15) is 4.79 Å². The van der Waals surface area contributed by atoms with Crippen molar-refractivity contribution in [2.24, 2.45) is 5.73 Å². The summed E-state index contributed by atoms with van der Waals surface area (Å²) in [6.07, 6.45) is 0.294. The lowest BCUT2D eigenvalue weighted by molar-refractivity contribution is -0.120. The monoisotopic (exact) mass is 179 g/mol. The zero-order valence-corrected chi connectivity index (χ0v) is 7.31. The van der Waals surface area contributed by atoms with E-state index in [2.05, 4.69) is 0 Å². The summed E-state index contributed by atoms with van der Waals surface area (Å²) in [7, 11) is 0. The van der Waals surface area contributed by atoms with Crippen molar-refractivity contribution in [1.29, 1.82) is 0 Å². The number of hydrogen-bond donors (Lipinski definition) is 2. The lowest BCUT2D eigenvalue weighted by Gasteiger charge is -2.06. The fraction of sp³-hybridized carbons (Fsp3) is 0.300. The Balaban J connectivity index is 2.55. The first-order valence-corrected chi connectivity index (χ1v) is 4.17. The van der Waals surface area contributed by atoms with Crippen molar-refractivity contribution in [2.75, 3.05) is 6.61 Å². The fourth-order valence-corrected chi connectivity index (χ4v) is 1.03. The van der Waals surface area contributed by atoms with Gasteiger partial charge in [0.1, 0.15) is 0 Å². The van der Waals surface area contributed by atoms with Gasteiger partial charge in [0.25, 0.3) is 0 Å². The van der Waals surface area contributed by atoms with E-state index in [-0.39, 0.29) is 12.4 Å². The van der Waals surface area contributed by atoms with Crippen LogP contribution in [-0.2, 0) is 11.2 Å². The molecule has 0 saturated carbocycles. The van der Waals surface area contributed by atoms with Crippen LogP contribution in [-0.4, -0.2) is 23.5 Å². The first-order valence-electron chi connectivity index (χ1n) is 4.17. The van der Waals surface area contributed by atoms with Gasteiger partial charge >= 0.3 is 0 Å². The molecule has 0 amide bonds. The Bertz CT molecular complexity index is 272. The smallest absolute Gasteiger partial charge is 0.156 e. The summed E-state index contributed by atoms with van der Waals surface area (Å²) in [5.74, 6) is -0.131. The SMILES string of the molecule is N[C@@H](CO)C(=O)Cc1ccccc1. The quantitative estimate of drug-likeness (QED) is 0.690. The third-order valence-corrected chi connectivity index (χ3v) is 1.83. The average molecular weight is 179 g/mol. The molecule has 0 aliphatic heterocycles. The average Bonchev–Trinajstić information content (AvgIpc) is 2.18. The number of carbonyl (C=O) groups is 1. The molecular formula is C10H13NO2. The van der Waals surface area contributed by atoms with Crippen LogP contribution in [0.25, 0.3) is 0 Å². The highest BCUT2D eigenvalue weighted by Crippen LogP contribution is 2.01. The minimum atomic E-state index is -0.750. The van der Waals surface area contributed by atoms with E-state index in [1.165, 1.54) is 0 Å². The maximum atomic E-state index is 11.3. The van der Waals surface area contributed by atoms with Crippen molar-refractivity contribution in [3.8, 4) is 0 Å². The van der Waals surface area contributed by atoms with Gasteiger partial charge in [-0.2, -0.15) is 0 Å². The minimum Gasteiger partial charge on any atom is -0.394 e. The Hall–Kier alpha value is -1.19. The largest absolute Gasteiger partial charge is 0.394 e. The molecule has 0 unspecified atom stereocenters. The van der Waals surface area contributed by atoms with E-state index in [0.29, 0.717) is 6.42 Å². The van der Waals surface area contributed by atoms with Crippen molar-refractivity contribution in [1.82, 2.24) is 0 Å². The van der Waals surface area contributed by atoms with Gasteiger partial charge in [0, 0.05) is 6.42 Å². The van der Waals surface area contributed by atoms with Gasteiger partial charge in [-0.1, -0.05) is 30.3 Å². The van der Waals surface area contributed by atoms with Crippen molar-refractivity contribution in [3.05, 3.63) is 35.9 Å². The molecule has 3 heteroatoms. The van der Waals surface area contributed by atoms with Crippen molar-refractivity contribution in [2.45, 2.75) is 12.5 Å². The number of aliphatic hydroxyl groups excluding tert-OH is 1. The molecule has 1 aromatic rings. The number of carbonyl (C=O) groups excluding carboxylic acids is 1. The molecule has 0 heterocycles. The molecule has 1 atom stereocenters. The standard InChI is InChI=1S/C10H13NO2/c11-9(7-12)10(13)6-8-4-2-1-3-5-8/h1-5,9,12H,6-7,11H2/t9-/m0/s1. The second-order valence-electron chi connectivity index (χ2n) is 2.92. The number of benzene rings is 1. The number of rotatable bonds is 4. The number of aliphatic hydroxyl groups is 1. The Morgan fingerprint density at radius 3 is 2.54 bits per heavy atom. The van der Waals surface area contributed by atoms with Gasteiger partial charge in [-0.3, -0.25) is 4.79 Å². The van der Waals surface area contributed by atoms with Gasteiger partial charge in [-0.25, -0.2) is 0 Å². The predicted octanol–water partition coefficient (Wildman–Crippen LogP) is 0.118. The number of Topliss-reactive ketones (excluding diaryl/α,β-unsaturated/α-hetero) is 1.